The summed E-state index contributed by atoms with van der Waals surface area (Å²) >= 11 is 0. The van der Waals surface area contributed by atoms with Crippen LogP contribution in [0.25, 0.3) is 11.1 Å². The van der Waals surface area contributed by atoms with Gasteiger partial charge in [0.05, 0.1) is 0 Å². The first-order chi connectivity index (χ1) is 15.2. The Morgan fingerprint density at radius 2 is 1.81 bits per heavy atom. The average molecular weight is 418 g/mol. The van der Waals surface area contributed by atoms with E-state index in [4.69, 9.17) is 9.26 Å². The van der Waals surface area contributed by atoms with E-state index in [2.05, 4.69) is 22.3 Å². The first-order valence-corrected chi connectivity index (χ1v) is 11.1. The third-order valence-corrected chi connectivity index (χ3v) is 6.09. The maximum Gasteiger partial charge on any atom is 0.260 e. The molecule has 31 heavy (non-hydrogen) atoms. The zero-order valence-electron chi connectivity index (χ0n) is 17.6. The summed E-state index contributed by atoms with van der Waals surface area (Å²) in [6.45, 7) is 1.56. The third kappa shape index (κ3) is 4.95. The fourth-order valence-corrected chi connectivity index (χ4v) is 4.17. The van der Waals surface area contributed by atoms with E-state index in [1.807, 2.05) is 47.4 Å². The van der Waals surface area contributed by atoms with Crippen LogP contribution in [0.3, 0.4) is 0 Å². The molecule has 6 nitrogen and oxygen atoms in total. The molecule has 6 heteroatoms. The van der Waals surface area contributed by atoms with Gasteiger partial charge in [-0.1, -0.05) is 47.6 Å². The van der Waals surface area contributed by atoms with Gasteiger partial charge in [-0.25, -0.2) is 0 Å². The van der Waals surface area contributed by atoms with Crippen LogP contribution < -0.4 is 4.74 Å². The molecule has 2 aromatic carbocycles. The van der Waals surface area contributed by atoms with Gasteiger partial charge in [0.2, 0.25) is 5.89 Å². The van der Waals surface area contributed by atoms with Crippen LogP contribution in [-0.2, 0) is 11.2 Å². The molecule has 2 aliphatic rings. The number of likely N-dealkylation sites (tertiary alicyclic amines) is 1. The number of aromatic nitrogens is 2. The Kier molecular flexibility index (Phi) is 5.69. The zero-order chi connectivity index (χ0) is 21.0. The van der Waals surface area contributed by atoms with Crippen molar-refractivity contribution < 1.29 is 14.1 Å². The predicted octanol–water partition coefficient (Wildman–Crippen LogP) is 4.47. The summed E-state index contributed by atoms with van der Waals surface area (Å²) in [4.78, 5) is 19.2. The molecule has 3 aromatic rings. The lowest BCUT2D eigenvalue weighted by Gasteiger charge is -2.32. The van der Waals surface area contributed by atoms with Crippen LogP contribution in [0.2, 0.25) is 0 Å². The first-order valence-electron chi connectivity index (χ1n) is 11.1. The van der Waals surface area contributed by atoms with Crippen molar-refractivity contribution in [2.75, 3.05) is 19.7 Å². The van der Waals surface area contributed by atoms with E-state index in [0.29, 0.717) is 23.5 Å². The zero-order valence-corrected chi connectivity index (χ0v) is 17.6. The van der Waals surface area contributed by atoms with Gasteiger partial charge in [-0.05, 0) is 54.9 Å². The largest absolute Gasteiger partial charge is 0.484 e. The Balaban J connectivity index is 1.12. The summed E-state index contributed by atoms with van der Waals surface area (Å²) < 4.78 is 11.2. The molecule has 1 saturated heterocycles. The van der Waals surface area contributed by atoms with Gasteiger partial charge in [0.1, 0.15) is 5.75 Å². The molecule has 1 atom stereocenters. The van der Waals surface area contributed by atoms with Crippen molar-refractivity contribution in [3.8, 4) is 16.9 Å². The number of benzene rings is 2. The smallest absolute Gasteiger partial charge is 0.260 e. The van der Waals surface area contributed by atoms with Crippen molar-refractivity contribution in [3.05, 3.63) is 66.3 Å². The maximum absolute atomic E-state index is 12.7. The van der Waals surface area contributed by atoms with Crippen molar-refractivity contribution in [1.82, 2.24) is 15.0 Å². The quantitative estimate of drug-likeness (QED) is 0.567. The molecule has 1 amide bonds. The van der Waals surface area contributed by atoms with E-state index in [1.54, 1.807) is 0 Å². The summed E-state index contributed by atoms with van der Waals surface area (Å²) in [5, 5.41) is 4.10. The van der Waals surface area contributed by atoms with Crippen LogP contribution in [0.5, 0.6) is 5.75 Å². The summed E-state index contributed by atoms with van der Waals surface area (Å²) in [5.74, 6) is 3.15. The van der Waals surface area contributed by atoms with Gasteiger partial charge in [0, 0.05) is 25.4 Å². The summed E-state index contributed by atoms with van der Waals surface area (Å²) in [6, 6.07) is 18.1. The number of carbonyl (C=O) groups is 1. The molecule has 1 unspecified atom stereocenters. The number of hydrogen-bond donors (Lipinski definition) is 0. The van der Waals surface area contributed by atoms with Crippen LogP contribution in [0.15, 0.2) is 59.1 Å². The van der Waals surface area contributed by atoms with E-state index in [1.165, 1.54) is 12.8 Å². The summed E-state index contributed by atoms with van der Waals surface area (Å²) in [6.07, 6.45) is 5.14. The Morgan fingerprint density at radius 3 is 2.58 bits per heavy atom. The molecule has 1 aromatic heterocycles. The fourth-order valence-electron chi connectivity index (χ4n) is 4.17. The Morgan fingerprint density at radius 1 is 1.03 bits per heavy atom. The highest BCUT2D eigenvalue weighted by molar-refractivity contribution is 5.78. The highest BCUT2D eigenvalue weighted by atomic mass is 16.5. The molecule has 5 rings (SSSR count). The average Bonchev–Trinajstić information content (AvgIpc) is 3.57. The SMILES string of the molecule is O=C(COc1ccc(-c2ccccc2)cc1)N1CCCC(Cc2nc(C3CC3)no2)C1. The van der Waals surface area contributed by atoms with Crippen molar-refractivity contribution in [1.29, 1.82) is 0 Å². The predicted molar refractivity (Wildman–Crippen MR) is 117 cm³/mol. The topological polar surface area (TPSA) is 68.5 Å². The molecule has 0 N–H and O–H groups in total. The first kappa shape index (κ1) is 19.8. The number of amides is 1. The Hall–Kier alpha value is -3.15. The van der Waals surface area contributed by atoms with Gasteiger partial charge in [-0.3, -0.25) is 4.79 Å². The van der Waals surface area contributed by atoms with Gasteiger partial charge in [-0.15, -0.1) is 0 Å². The standard InChI is InChI=1S/C25H27N3O3/c29-24(17-30-22-12-10-20(11-13-22)19-6-2-1-3-7-19)28-14-4-5-18(16-28)15-23-26-25(27-31-23)21-8-9-21/h1-3,6-7,10-13,18,21H,4-5,8-9,14-17H2. The molecular weight excluding hydrogens is 390 g/mol. The van der Waals surface area contributed by atoms with Crippen molar-refractivity contribution in [2.24, 2.45) is 5.92 Å². The van der Waals surface area contributed by atoms with E-state index in [9.17, 15) is 4.79 Å². The van der Waals surface area contributed by atoms with Gasteiger partial charge in [-0.2, -0.15) is 4.98 Å². The van der Waals surface area contributed by atoms with E-state index in [-0.39, 0.29) is 12.5 Å². The van der Waals surface area contributed by atoms with E-state index in [0.717, 1.165) is 49.3 Å². The van der Waals surface area contributed by atoms with E-state index >= 15 is 0 Å². The minimum Gasteiger partial charge on any atom is -0.484 e. The van der Waals surface area contributed by atoms with Crippen molar-refractivity contribution in [3.63, 3.8) is 0 Å². The molecule has 0 spiro atoms. The maximum atomic E-state index is 12.7. The lowest BCUT2D eigenvalue weighted by atomic mass is 9.95. The second-order valence-corrected chi connectivity index (χ2v) is 8.55. The summed E-state index contributed by atoms with van der Waals surface area (Å²) in [7, 11) is 0. The molecule has 0 bridgehead atoms. The van der Waals surface area contributed by atoms with Crippen LogP contribution in [-0.4, -0.2) is 40.6 Å². The van der Waals surface area contributed by atoms with Crippen molar-refractivity contribution >= 4 is 5.91 Å². The monoisotopic (exact) mass is 417 g/mol. The molecule has 1 aliphatic heterocycles. The third-order valence-electron chi connectivity index (χ3n) is 6.09. The van der Waals surface area contributed by atoms with Crippen molar-refractivity contribution in [2.45, 2.75) is 38.0 Å². The van der Waals surface area contributed by atoms with Gasteiger partial charge >= 0.3 is 0 Å². The molecule has 0 radical (unpaired) electrons. The second-order valence-electron chi connectivity index (χ2n) is 8.55. The Labute approximate surface area is 182 Å². The lowest BCUT2D eigenvalue weighted by molar-refractivity contribution is -0.135. The molecule has 1 aliphatic carbocycles. The number of carbonyl (C=O) groups excluding carboxylic acids is 1. The molecule has 160 valence electrons. The van der Waals surface area contributed by atoms with Crippen LogP contribution in [0.4, 0.5) is 0 Å². The number of nitrogens with zero attached hydrogens (tertiary/aromatic N) is 3. The van der Waals surface area contributed by atoms with Gasteiger partial charge in [0.25, 0.3) is 5.91 Å². The number of piperidine rings is 1. The highest BCUT2D eigenvalue weighted by Crippen LogP contribution is 2.38. The van der Waals surface area contributed by atoms with Gasteiger partial charge in [0.15, 0.2) is 12.4 Å². The normalized spacial score (nSPS) is 18.7. The Bertz CT molecular complexity index is 1010. The van der Waals surface area contributed by atoms with E-state index < -0.39 is 0 Å². The van der Waals surface area contributed by atoms with Crippen LogP contribution in [0, 0.1) is 5.92 Å². The summed E-state index contributed by atoms with van der Waals surface area (Å²) in [5.41, 5.74) is 2.29. The fraction of sp³-hybridized carbons (Fsp3) is 0.400. The molecule has 2 fully saturated rings. The second kappa shape index (κ2) is 8.92. The van der Waals surface area contributed by atoms with Crippen LogP contribution in [0.1, 0.15) is 43.3 Å². The lowest BCUT2D eigenvalue weighted by Crippen LogP contribution is -2.42. The molecule has 1 saturated carbocycles. The number of hydrogen-bond acceptors (Lipinski definition) is 5. The van der Waals surface area contributed by atoms with Crippen LogP contribution >= 0.6 is 0 Å². The number of rotatable bonds is 7. The number of ether oxygens (including phenoxy) is 1. The molecule has 2 heterocycles. The van der Waals surface area contributed by atoms with Gasteiger partial charge < -0.3 is 14.2 Å². The minimum atomic E-state index is 0.0287. The highest BCUT2D eigenvalue weighted by Gasteiger charge is 2.30. The minimum absolute atomic E-state index is 0.0287. The molecular formula is C25H27N3O3.